The second-order valence-corrected chi connectivity index (χ2v) is 18.7. The summed E-state index contributed by atoms with van der Waals surface area (Å²) in [6, 6.07) is 16.7. The average molecular weight is 786 g/mol. The number of nitrogens with one attached hydrogen (secondary N) is 3. The van der Waals surface area contributed by atoms with Crippen LogP contribution in [0.3, 0.4) is 0 Å². The van der Waals surface area contributed by atoms with Crippen LogP contribution < -0.4 is 20.1 Å². The molecule has 3 N–H and O–H groups in total. The second-order valence-electron chi connectivity index (χ2n) is 16.6. The molecule has 3 fully saturated rings. The van der Waals surface area contributed by atoms with Crippen LogP contribution in [-0.2, 0) is 35.6 Å². The highest BCUT2D eigenvalue weighted by Gasteiger charge is 2.64. The fourth-order valence-electron chi connectivity index (χ4n) is 7.93. The van der Waals surface area contributed by atoms with E-state index in [4.69, 9.17) is 9.47 Å². The van der Waals surface area contributed by atoms with Crippen LogP contribution in [-0.4, -0.2) is 82.7 Å². The van der Waals surface area contributed by atoms with Crippen molar-refractivity contribution in [1.82, 2.24) is 25.2 Å². The SMILES string of the molecule is CC(C)(C)OC(=O)N[C@H]1CCCCC/C=C\[C@H]2C[C@@]2(C(=O)NS(=O)(=O)C2(Cc3ccccc3)CC2)NC(=O)[C@@H]2C[C@@H](Oc3nccc4ccccc34)CN2C1=O. The maximum Gasteiger partial charge on any atom is 0.408 e. The number of carbonyl (C=O) groups is 4. The predicted molar refractivity (Wildman–Crippen MR) is 210 cm³/mol. The number of amides is 4. The zero-order valence-electron chi connectivity index (χ0n) is 32.2. The van der Waals surface area contributed by atoms with Crippen molar-refractivity contribution >= 4 is 44.6 Å². The summed E-state index contributed by atoms with van der Waals surface area (Å²) in [5.41, 5.74) is -1.48. The van der Waals surface area contributed by atoms with Crippen molar-refractivity contribution in [2.75, 3.05) is 6.54 Å². The fourth-order valence-corrected chi connectivity index (χ4v) is 9.57. The molecule has 2 aliphatic heterocycles. The molecule has 4 aliphatic rings. The molecular weight excluding hydrogens is 735 g/mol. The van der Waals surface area contributed by atoms with E-state index in [9.17, 15) is 27.6 Å². The Morgan fingerprint density at radius 2 is 1.75 bits per heavy atom. The first-order chi connectivity index (χ1) is 26.7. The molecule has 14 heteroatoms. The van der Waals surface area contributed by atoms with Gasteiger partial charge in [0, 0.05) is 23.9 Å². The molecule has 13 nitrogen and oxygen atoms in total. The van der Waals surface area contributed by atoms with Gasteiger partial charge < -0.3 is 25.0 Å². The molecule has 5 atom stereocenters. The summed E-state index contributed by atoms with van der Waals surface area (Å²) in [6.07, 6.45) is 8.62. The molecule has 0 unspecified atom stereocenters. The number of alkyl carbamates (subject to hydrolysis) is 1. The lowest BCUT2D eigenvalue weighted by molar-refractivity contribution is -0.141. The van der Waals surface area contributed by atoms with E-state index in [1.54, 1.807) is 27.0 Å². The van der Waals surface area contributed by atoms with Crippen molar-refractivity contribution in [3.05, 3.63) is 84.6 Å². The summed E-state index contributed by atoms with van der Waals surface area (Å²) in [5.74, 6) is -1.99. The molecule has 1 saturated heterocycles. The minimum absolute atomic E-state index is 0.00718. The highest BCUT2D eigenvalue weighted by molar-refractivity contribution is 7.91. The Bertz CT molecular complexity index is 2110. The zero-order chi connectivity index (χ0) is 39.7. The summed E-state index contributed by atoms with van der Waals surface area (Å²) in [5, 5.41) is 7.37. The Morgan fingerprint density at radius 1 is 1.00 bits per heavy atom. The van der Waals surface area contributed by atoms with E-state index >= 15 is 0 Å². The van der Waals surface area contributed by atoms with Crippen molar-refractivity contribution in [1.29, 1.82) is 0 Å². The molecule has 0 radical (unpaired) electrons. The summed E-state index contributed by atoms with van der Waals surface area (Å²) < 4.78 is 40.9. The maximum atomic E-state index is 14.5. The highest BCUT2D eigenvalue weighted by Crippen LogP contribution is 2.49. The molecule has 3 heterocycles. The van der Waals surface area contributed by atoms with E-state index in [1.165, 1.54) is 4.90 Å². The normalized spacial score (nSPS) is 27.0. The van der Waals surface area contributed by atoms with Crippen LogP contribution >= 0.6 is 0 Å². The topological polar surface area (TPSA) is 173 Å². The third-order valence-corrected chi connectivity index (χ3v) is 13.4. The molecular formula is C42H51N5O8S. The van der Waals surface area contributed by atoms with Gasteiger partial charge in [0.2, 0.25) is 27.7 Å². The summed E-state index contributed by atoms with van der Waals surface area (Å²) >= 11 is 0. The molecule has 2 aliphatic carbocycles. The number of carbonyl (C=O) groups excluding carboxylic acids is 4. The van der Waals surface area contributed by atoms with Crippen molar-refractivity contribution in [2.24, 2.45) is 5.92 Å². The monoisotopic (exact) mass is 785 g/mol. The van der Waals surface area contributed by atoms with Gasteiger partial charge in [-0.2, -0.15) is 0 Å². The molecule has 2 aromatic carbocycles. The van der Waals surface area contributed by atoms with Crippen LogP contribution in [0.15, 0.2) is 79.0 Å². The number of ether oxygens (including phenoxy) is 2. The highest BCUT2D eigenvalue weighted by atomic mass is 32.2. The van der Waals surface area contributed by atoms with Crippen molar-refractivity contribution in [3.63, 3.8) is 0 Å². The zero-order valence-corrected chi connectivity index (χ0v) is 33.0. The summed E-state index contributed by atoms with van der Waals surface area (Å²) in [6.45, 7) is 5.21. The van der Waals surface area contributed by atoms with Gasteiger partial charge in [-0.05, 0) is 88.8 Å². The Labute approximate surface area is 328 Å². The minimum atomic E-state index is -4.13. The molecule has 298 valence electrons. The average Bonchev–Trinajstić information content (AvgIpc) is 4.04. The van der Waals surface area contributed by atoms with Gasteiger partial charge in [0.15, 0.2) is 0 Å². The first-order valence-electron chi connectivity index (χ1n) is 19.6. The molecule has 7 rings (SSSR count). The quantitative estimate of drug-likeness (QED) is 0.263. The Hall–Kier alpha value is -4.98. The number of nitrogens with zero attached hydrogens (tertiary/aromatic N) is 2. The van der Waals surface area contributed by atoms with E-state index in [2.05, 4.69) is 20.3 Å². The first-order valence-corrected chi connectivity index (χ1v) is 21.1. The van der Waals surface area contributed by atoms with Gasteiger partial charge in [-0.25, -0.2) is 18.2 Å². The van der Waals surface area contributed by atoms with Gasteiger partial charge >= 0.3 is 6.09 Å². The van der Waals surface area contributed by atoms with E-state index in [0.717, 1.165) is 29.2 Å². The van der Waals surface area contributed by atoms with Gasteiger partial charge in [0.25, 0.3) is 5.91 Å². The Morgan fingerprint density at radius 3 is 2.50 bits per heavy atom. The lowest BCUT2D eigenvalue weighted by atomic mass is 10.0. The molecule has 4 amide bonds. The van der Waals surface area contributed by atoms with Crippen LogP contribution in [0.1, 0.15) is 84.1 Å². The van der Waals surface area contributed by atoms with Gasteiger partial charge in [-0.15, -0.1) is 0 Å². The van der Waals surface area contributed by atoms with Gasteiger partial charge in [0.05, 0.1) is 11.3 Å². The largest absolute Gasteiger partial charge is 0.472 e. The number of aromatic nitrogens is 1. The van der Waals surface area contributed by atoms with Crippen LogP contribution in [0.5, 0.6) is 5.88 Å². The van der Waals surface area contributed by atoms with Crippen LogP contribution in [0, 0.1) is 5.92 Å². The van der Waals surface area contributed by atoms with E-state index in [-0.39, 0.29) is 25.8 Å². The molecule has 2 saturated carbocycles. The molecule has 1 aromatic heterocycles. The van der Waals surface area contributed by atoms with Crippen molar-refractivity contribution in [3.8, 4) is 5.88 Å². The Balaban J connectivity index is 1.17. The number of pyridine rings is 1. The van der Waals surface area contributed by atoms with Gasteiger partial charge in [-0.1, -0.05) is 73.5 Å². The number of fused-ring (bicyclic) bond motifs is 3. The molecule has 56 heavy (non-hydrogen) atoms. The van der Waals surface area contributed by atoms with E-state index in [1.807, 2.05) is 72.8 Å². The van der Waals surface area contributed by atoms with E-state index < -0.39 is 73.8 Å². The molecule has 3 aromatic rings. The lowest BCUT2D eigenvalue weighted by Crippen LogP contribution is -2.59. The third-order valence-electron chi connectivity index (χ3n) is 11.2. The van der Waals surface area contributed by atoms with Crippen molar-refractivity contribution in [2.45, 2.75) is 119 Å². The standard InChI is InChI=1S/C42H51N5O8S/c1-40(2,3)55-39(51)44-33-19-11-6-4-5-10-17-30-26-42(30,38(50)46-56(52,53)41(21-22-41)25-28-14-8-7-9-15-28)45-35(48)34-24-31(27-47(34)37(33)49)54-36-32-18-13-12-16-29(32)20-23-43-36/h7-10,12-18,20,23,30-31,33-34H,4-6,11,19,21-22,24-27H2,1-3H3,(H,44,51)(H,45,48)(H,46,50)/b17-10-/t30-,31+,33-,34-,42+/m0/s1. The maximum absolute atomic E-state index is 14.5. The minimum Gasteiger partial charge on any atom is -0.472 e. The lowest BCUT2D eigenvalue weighted by Gasteiger charge is -2.30. The second kappa shape index (κ2) is 15.5. The first kappa shape index (κ1) is 39.3. The number of allylic oxidation sites excluding steroid dienone is 1. The number of hydrogen-bond donors (Lipinski definition) is 3. The van der Waals surface area contributed by atoms with Crippen LogP contribution in [0.4, 0.5) is 4.79 Å². The smallest absolute Gasteiger partial charge is 0.408 e. The van der Waals surface area contributed by atoms with Gasteiger partial charge in [-0.3, -0.25) is 19.1 Å². The number of sulfonamides is 1. The van der Waals surface area contributed by atoms with Gasteiger partial charge in [0.1, 0.15) is 29.3 Å². The Kier molecular flexibility index (Phi) is 10.9. The number of rotatable bonds is 8. The summed E-state index contributed by atoms with van der Waals surface area (Å²) in [4.78, 5) is 62.1. The van der Waals surface area contributed by atoms with E-state index in [0.29, 0.717) is 38.0 Å². The molecule has 0 bridgehead atoms. The molecule has 0 spiro atoms. The summed E-state index contributed by atoms with van der Waals surface area (Å²) in [7, 11) is -4.13. The van der Waals surface area contributed by atoms with Crippen molar-refractivity contribution < 1.29 is 37.1 Å². The van der Waals surface area contributed by atoms with Crippen LogP contribution in [0.2, 0.25) is 0 Å². The number of hydrogen-bond acceptors (Lipinski definition) is 9. The van der Waals surface area contributed by atoms with Crippen LogP contribution in [0.25, 0.3) is 10.8 Å². The third kappa shape index (κ3) is 8.54. The number of benzene rings is 2. The fraction of sp³-hybridized carbons (Fsp3) is 0.500. The predicted octanol–water partition coefficient (Wildman–Crippen LogP) is 5.09.